The minimum Gasteiger partial charge on any atom is -0.487 e. The van der Waals surface area contributed by atoms with E-state index in [1.807, 2.05) is 32.0 Å². The minimum absolute atomic E-state index is 0.0483. The second-order valence-corrected chi connectivity index (χ2v) is 5.83. The predicted octanol–water partition coefficient (Wildman–Crippen LogP) is 2.47. The number of fused-ring (bicyclic) bond motifs is 2. The molecule has 0 bridgehead atoms. The Bertz CT molecular complexity index is 902. The van der Waals surface area contributed by atoms with Gasteiger partial charge in [0.05, 0.1) is 17.8 Å². The number of benzene rings is 1. The van der Waals surface area contributed by atoms with Crippen molar-refractivity contribution in [1.82, 2.24) is 14.6 Å². The molecule has 2 aromatic heterocycles. The Morgan fingerprint density at radius 1 is 1.30 bits per heavy atom. The van der Waals surface area contributed by atoms with Gasteiger partial charge >= 0.3 is 0 Å². The normalized spacial score (nSPS) is 17.0. The van der Waals surface area contributed by atoms with Gasteiger partial charge in [-0.3, -0.25) is 9.20 Å². The molecule has 1 aromatic carbocycles. The van der Waals surface area contributed by atoms with Crippen LogP contribution in [0.15, 0.2) is 42.9 Å². The third-order valence-corrected chi connectivity index (χ3v) is 3.96. The van der Waals surface area contributed by atoms with Crippen LogP contribution >= 0.6 is 0 Å². The Morgan fingerprint density at radius 3 is 3.04 bits per heavy atom. The van der Waals surface area contributed by atoms with E-state index >= 15 is 0 Å². The van der Waals surface area contributed by atoms with Crippen LogP contribution in [-0.2, 0) is 0 Å². The molecule has 0 N–H and O–H groups in total. The molecule has 0 aliphatic carbocycles. The molecule has 6 nitrogen and oxygen atoms in total. The lowest BCUT2D eigenvalue weighted by Gasteiger charge is -2.33. The van der Waals surface area contributed by atoms with Crippen molar-refractivity contribution in [3.05, 3.63) is 54.0 Å². The van der Waals surface area contributed by atoms with E-state index in [0.717, 1.165) is 17.0 Å². The van der Waals surface area contributed by atoms with Gasteiger partial charge in [0.2, 0.25) is 0 Å². The Labute approximate surface area is 133 Å². The molecule has 0 saturated heterocycles. The maximum atomic E-state index is 13.0. The third-order valence-electron chi connectivity index (χ3n) is 3.96. The molecule has 1 aliphatic rings. The van der Waals surface area contributed by atoms with E-state index in [0.29, 0.717) is 17.8 Å². The zero-order valence-corrected chi connectivity index (χ0v) is 12.9. The van der Waals surface area contributed by atoms with Crippen LogP contribution < -0.4 is 9.64 Å². The van der Waals surface area contributed by atoms with Gasteiger partial charge in [0.1, 0.15) is 18.2 Å². The second-order valence-electron chi connectivity index (χ2n) is 5.83. The predicted molar refractivity (Wildman–Crippen MR) is 85.9 cm³/mol. The van der Waals surface area contributed by atoms with Crippen molar-refractivity contribution in [2.24, 2.45) is 0 Å². The minimum atomic E-state index is -0.0531. The van der Waals surface area contributed by atoms with Crippen LogP contribution in [0.5, 0.6) is 5.75 Å². The molecule has 0 saturated carbocycles. The lowest BCUT2D eigenvalue weighted by Crippen LogP contribution is -2.42. The van der Waals surface area contributed by atoms with Gasteiger partial charge in [-0.15, -0.1) is 10.2 Å². The first-order chi connectivity index (χ1) is 11.1. The summed E-state index contributed by atoms with van der Waals surface area (Å²) in [5.74, 6) is 0.690. The van der Waals surface area contributed by atoms with E-state index in [9.17, 15) is 4.79 Å². The molecule has 6 heteroatoms. The summed E-state index contributed by atoms with van der Waals surface area (Å²) in [6, 6.07) is 9.46. The smallest absolute Gasteiger partial charge is 0.260 e. The number of hydrogen-bond acceptors (Lipinski definition) is 4. The Balaban J connectivity index is 1.77. The molecule has 1 aliphatic heterocycles. The molecule has 3 heterocycles. The maximum Gasteiger partial charge on any atom is 0.260 e. The standard InChI is InChI=1S/C17H16N4O2/c1-11-3-5-15-14(7-11)21(8-12(2)23-15)17(22)13-4-6-16-19-18-10-20(16)9-13/h3-7,9-10,12H,8H2,1-2H3. The SMILES string of the molecule is Cc1ccc2c(c1)N(C(=O)c1ccc3nncn3c1)CC(C)O2. The number of carbonyl (C=O) groups excluding carboxylic acids is 1. The average molecular weight is 308 g/mol. The maximum absolute atomic E-state index is 13.0. The van der Waals surface area contributed by atoms with Crippen LogP contribution in [0.3, 0.4) is 0 Å². The number of pyridine rings is 1. The first-order valence-corrected chi connectivity index (χ1v) is 7.50. The molecule has 1 atom stereocenters. The van der Waals surface area contributed by atoms with E-state index in [2.05, 4.69) is 10.2 Å². The molecule has 0 radical (unpaired) electrons. The van der Waals surface area contributed by atoms with Gasteiger partial charge in [-0.25, -0.2) is 0 Å². The zero-order valence-electron chi connectivity index (χ0n) is 12.9. The molecule has 1 amide bonds. The largest absolute Gasteiger partial charge is 0.487 e. The number of amides is 1. The average Bonchev–Trinajstić information content (AvgIpc) is 3.01. The quantitative estimate of drug-likeness (QED) is 0.693. The highest BCUT2D eigenvalue weighted by atomic mass is 16.5. The lowest BCUT2D eigenvalue weighted by atomic mass is 10.1. The van der Waals surface area contributed by atoms with E-state index in [-0.39, 0.29) is 12.0 Å². The first-order valence-electron chi connectivity index (χ1n) is 7.50. The monoisotopic (exact) mass is 308 g/mol. The fourth-order valence-corrected chi connectivity index (χ4v) is 2.85. The summed E-state index contributed by atoms with van der Waals surface area (Å²) in [4.78, 5) is 14.8. The number of aryl methyl sites for hydroxylation is 1. The van der Waals surface area contributed by atoms with Crippen molar-refractivity contribution >= 4 is 17.2 Å². The second kappa shape index (κ2) is 5.08. The van der Waals surface area contributed by atoms with Crippen molar-refractivity contribution in [2.45, 2.75) is 20.0 Å². The number of rotatable bonds is 1. The molecular formula is C17H16N4O2. The van der Waals surface area contributed by atoms with Crippen LogP contribution in [-0.4, -0.2) is 33.2 Å². The van der Waals surface area contributed by atoms with Crippen molar-refractivity contribution in [1.29, 1.82) is 0 Å². The van der Waals surface area contributed by atoms with E-state index in [1.165, 1.54) is 0 Å². The topological polar surface area (TPSA) is 59.7 Å². The summed E-state index contributed by atoms with van der Waals surface area (Å²) in [7, 11) is 0. The van der Waals surface area contributed by atoms with Gasteiger partial charge in [0.15, 0.2) is 5.65 Å². The Morgan fingerprint density at radius 2 is 2.17 bits per heavy atom. The Kier molecular flexibility index (Phi) is 3.04. The van der Waals surface area contributed by atoms with Crippen LogP contribution in [0.2, 0.25) is 0 Å². The van der Waals surface area contributed by atoms with E-state index in [1.54, 1.807) is 34.0 Å². The van der Waals surface area contributed by atoms with E-state index in [4.69, 9.17) is 4.74 Å². The molecule has 3 aromatic rings. The fraction of sp³-hybridized carbons (Fsp3) is 0.235. The molecule has 0 spiro atoms. The first kappa shape index (κ1) is 13.8. The van der Waals surface area contributed by atoms with Crippen LogP contribution in [0.4, 0.5) is 5.69 Å². The van der Waals surface area contributed by atoms with Crippen LogP contribution in [0.25, 0.3) is 5.65 Å². The van der Waals surface area contributed by atoms with Gasteiger partial charge in [0.25, 0.3) is 5.91 Å². The summed E-state index contributed by atoms with van der Waals surface area (Å²) >= 11 is 0. The van der Waals surface area contributed by atoms with Gasteiger partial charge in [-0.1, -0.05) is 6.07 Å². The van der Waals surface area contributed by atoms with Crippen LogP contribution in [0.1, 0.15) is 22.8 Å². The molecule has 4 rings (SSSR count). The van der Waals surface area contributed by atoms with Gasteiger partial charge in [-0.05, 0) is 43.7 Å². The highest BCUT2D eigenvalue weighted by Crippen LogP contribution is 2.35. The molecular weight excluding hydrogens is 292 g/mol. The number of ether oxygens (including phenoxy) is 1. The molecule has 116 valence electrons. The lowest BCUT2D eigenvalue weighted by molar-refractivity contribution is 0.0960. The number of nitrogens with zero attached hydrogens (tertiary/aromatic N) is 4. The van der Waals surface area contributed by atoms with E-state index < -0.39 is 0 Å². The van der Waals surface area contributed by atoms with Crippen molar-refractivity contribution in [2.75, 3.05) is 11.4 Å². The zero-order chi connectivity index (χ0) is 16.0. The summed E-state index contributed by atoms with van der Waals surface area (Å²) in [6.45, 7) is 4.49. The summed E-state index contributed by atoms with van der Waals surface area (Å²) < 4.78 is 7.59. The van der Waals surface area contributed by atoms with Crippen molar-refractivity contribution in [3.63, 3.8) is 0 Å². The number of aromatic nitrogens is 3. The number of hydrogen-bond donors (Lipinski definition) is 0. The fourth-order valence-electron chi connectivity index (χ4n) is 2.85. The van der Waals surface area contributed by atoms with Crippen molar-refractivity contribution in [3.8, 4) is 5.75 Å². The molecule has 1 unspecified atom stereocenters. The van der Waals surface area contributed by atoms with Gasteiger partial charge < -0.3 is 9.64 Å². The molecule has 0 fully saturated rings. The highest BCUT2D eigenvalue weighted by Gasteiger charge is 2.28. The summed E-state index contributed by atoms with van der Waals surface area (Å²) in [5, 5.41) is 7.80. The number of anilines is 1. The van der Waals surface area contributed by atoms with Gasteiger partial charge in [0, 0.05) is 6.20 Å². The van der Waals surface area contributed by atoms with Crippen LogP contribution in [0, 0.1) is 6.92 Å². The Hall–Kier alpha value is -2.89. The summed E-state index contributed by atoms with van der Waals surface area (Å²) in [6.07, 6.45) is 3.30. The van der Waals surface area contributed by atoms with Gasteiger partial charge in [-0.2, -0.15) is 0 Å². The number of carbonyl (C=O) groups is 1. The summed E-state index contributed by atoms with van der Waals surface area (Å²) in [5.41, 5.74) is 3.22. The highest BCUT2D eigenvalue weighted by molar-refractivity contribution is 6.07. The third kappa shape index (κ3) is 2.32. The van der Waals surface area contributed by atoms with Crippen molar-refractivity contribution < 1.29 is 9.53 Å². The molecule has 23 heavy (non-hydrogen) atoms.